The Bertz CT molecular complexity index is 446. The van der Waals surface area contributed by atoms with Crippen molar-refractivity contribution >= 4 is 30.0 Å². The second kappa shape index (κ2) is 8.55. The van der Waals surface area contributed by atoms with E-state index in [-0.39, 0.29) is 24.3 Å². The SMILES string of the molecule is CC(=O)c1ccc(NC(=O)OC(C)CN(C)C)cc1.Cl. The van der Waals surface area contributed by atoms with Gasteiger partial charge in [-0.05, 0) is 52.2 Å². The van der Waals surface area contributed by atoms with Gasteiger partial charge in [0.15, 0.2) is 5.78 Å². The second-order valence-corrected chi connectivity index (χ2v) is 4.74. The summed E-state index contributed by atoms with van der Waals surface area (Å²) in [7, 11) is 3.83. The van der Waals surface area contributed by atoms with Gasteiger partial charge in [-0.1, -0.05) is 0 Å². The molecule has 0 aliphatic rings. The molecular formula is C14H21ClN2O3. The van der Waals surface area contributed by atoms with Crippen molar-refractivity contribution in [3.8, 4) is 0 Å². The Balaban J connectivity index is 0.00000361. The lowest BCUT2D eigenvalue weighted by molar-refractivity contribution is 0.101. The van der Waals surface area contributed by atoms with Crippen molar-refractivity contribution in [2.75, 3.05) is 26.0 Å². The van der Waals surface area contributed by atoms with Crippen LogP contribution in [-0.2, 0) is 4.74 Å². The summed E-state index contributed by atoms with van der Waals surface area (Å²) in [6.07, 6.45) is -0.684. The van der Waals surface area contributed by atoms with Gasteiger partial charge in [0.2, 0.25) is 0 Å². The minimum atomic E-state index is -0.495. The lowest BCUT2D eigenvalue weighted by atomic mass is 10.1. The molecule has 1 atom stereocenters. The van der Waals surface area contributed by atoms with Gasteiger partial charge in [-0.15, -0.1) is 12.4 Å². The quantitative estimate of drug-likeness (QED) is 0.850. The molecule has 0 saturated carbocycles. The molecule has 112 valence electrons. The first kappa shape index (κ1) is 18.4. The molecule has 0 aliphatic carbocycles. The van der Waals surface area contributed by atoms with Gasteiger partial charge in [0.25, 0.3) is 0 Å². The minimum Gasteiger partial charge on any atom is -0.445 e. The third-order valence-corrected chi connectivity index (χ3v) is 2.47. The second-order valence-electron chi connectivity index (χ2n) is 4.74. The highest BCUT2D eigenvalue weighted by atomic mass is 35.5. The third kappa shape index (κ3) is 6.54. The molecule has 0 bridgehead atoms. The van der Waals surface area contributed by atoms with Crippen molar-refractivity contribution in [1.29, 1.82) is 0 Å². The van der Waals surface area contributed by atoms with Gasteiger partial charge in [0, 0.05) is 17.8 Å². The van der Waals surface area contributed by atoms with Gasteiger partial charge >= 0.3 is 6.09 Å². The molecule has 0 radical (unpaired) electrons. The summed E-state index contributed by atoms with van der Waals surface area (Å²) in [6, 6.07) is 6.69. The Hall–Kier alpha value is -1.59. The van der Waals surface area contributed by atoms with Gasteiger partial charge in [-0.25, -0.2) is 4.79 Å². The van der Waals surface area contributed by atoms with Gasteiger partial charge in [0.1, 0.15) is 6.10 Å². The van der Waals surface area contributed by atoms with E-state index in [4.69, 9.17) is 4.74 Å². The van der Waals surface area contributed by atoms with E-state index in [2.05, 4.69) is 5.32 Å². The summed E-state index contributed by atoms with van der Waals surface area (Å²) in [5.74, 6) is -0.00580. The van der Waals surface area contributed by atoms with E-state index in [1.54, 1.807) is 24.3 Å². The summed E-state index contributed by atoms with van der Waals surface area (Å²) >= 11 is 0. The standard InChI is InChI=1S/C14H20N2O3.ClH/c1-10(9-16(3)4)19-14(18)15-13-7-5-12(6-8-13)11(2)17;/h5-8,10H,9H2,1-4H3,(H,15,18);1H. The Labute approximate surface area is 125 Å². The van der Waals surface area contributed by atoms with E-state index in [9.17, 15) is 9.59 Å². The molecule has 1 rings (SSSR count). The number of anilines is 1. The number of nitrogens with one attached hydrogen (secondary N) is 1. The number of nitrogens with zero attached hydrogens (tertiary/aromatic N) is 1. The topological polar surface area (TPSA) is 58.6 Å². The van der Waals surface area contributed by atoms with Crippen LogP contribution in [0, 0.1) is 0 Å². The maximum atomic E-state index is 11.6. The largest absolute Gasteiger partial charge is 0.445 e. The van der Waals surface area contributed by atoms with Crippen molar-refractivity contribution in [2.45, 2.75) is 20.0 Å². The summed E-state index contributed by atoms with van der Waals surface area (Å²) in [4.78, 5) is 24.7. The van der Waals surface area contributed by atoms with Crippen LogP contribution in [0.15, 0.2) is 24.3 Å². The predicted octanol–water partition coefficient (Wildman–Crippen LogP) is 2.81. The summed E-state index contributed by atoms with van der Waals surface area (Å²) in [6.45, 7) is 3.99. The monoisotopic (exact) mass is 300 g/mol. The molecular weight excluding hydrogens is 280 g/mol. The summed E-state index contributed by atoms with van der Waals surface area (Å²) in [5, 5.41) is 2.62. The van der Waals surface area contributed by atoms with Gasteiger partial charge in [-0.2, -0.15) is 0 Å². The zero-order chi connectivity index (χ0) is 14.4. The molecule has 1 aromatic rings. The summed E-state index contributed by atoms with van der Waals surface area (Å²) < 4.78 is 5.18. The van der Waals surface area contributed by atoms with E-state index in [0.29, 0.717) is 17.8 Å². The van der Waals surface area contributed by atoms with Crippen molar-refractivity contribution < 1.29 is 14.3 Å². The molecule has 0 spiro atoms. The lowest BCUT2D eigenvalue weighted by Gasteiger charge is -2.17. The van der Waals surface area contributed by atoms with Crippen LogP contribution >= 0.6 is 12.4 Å². The number of halogens is 1. The number of Topliss-reactive ketones (excluding diaryl/α,β-unsaturated/α-hetero) is 1. The molecule has 0 heterocycles. The van der Waals surface area contributed by atoms with Gasteiger partial charge in [-0.3, -0.25) is 10.1 Å². The molecule has 1 N–H and O–H groups in total. The number of ketones is 1. The van der Waals surface area contributed by atoms with Crippen molar-refractivity contribution in [1.82, 2.24) is 4.90 Å². The van der Waals surface area contributed by atoms with E-state index in [1.807, 2.05) is 25.9 Å². The summed E-state index contributed by atoms with van der Waals surface area (Å²) in [5.41, 5.74) is 1.21. The average Bonchev–Trinajstić information content (AvgIpc) is 2.27. The molecule has 0 aromatic heterocycles. The van der Waals surface area contributed by atoms with Crippen LogP contribution in [0.2, 0.25) is 0 Å². The van der Waals surface area contributed by atoms with Crippen molar-refractivity contribution in [3.63, 3.8) is 0 Å². The minimum absolute atomic E-state index is 0. The van der Waals surface area contributed by atoms with E-state index in [0.717, 1.165) is 0 Å². The Morgan fingerprint density at radius 3 is 2.25 bits per heavy atom. The number of hydrogen-bond acceptors (Lipinski definition) is 4. The first-order chi connectivity index (χ1) is 8.88. The first-order valence-corrected chi connectivity index (χ1v) is 6.12. The molecule has 0 aliphatic heterocycles. The lowest BCUT2D eigenvalue weighted by Crippen LogP contribution is -2.29. The molecule has 1 aromatic carbocycles. The molecule has 0 saturated heterocycles. The number of carbonyl (C=O) groups excluding carboxylic acids is 2. The van der Waals surface area contributed by atoms with Crippen LogP contribution in [-0.4, -0.2) is 43.5 Å². The highest BCUT2D eigenvalue weighted by molar-refractivity contribution is 5.94. The van der Waals surface area contributed by atoms with Crippen LogP contribution in [0.5, 0.6) is 0 Å². The number of benzene rings is 1. The van der Waals surface area contributed by atoms with Crippen molar-refractivity contribution in [2.24, 2.45) is 0 Å². The third-order valence-electron chi connectivity index (χ3n) is 2.47. The van der Waals surface area contributed by atoms with Gasteiger partial charge < -0.3 is 9.64 Å². The molecule has 1 amide bonds. The molecule has 6 heteroatoms. The number of ether oxygens (including phenoxy) is 1. The fourth-order valence-corrected chi connectivity index (χ4v) is 1.67. The zero-order valence-corrected chi connectivity index (χ0v) is 13.0. The first-order valence-electron chi connectivity index (χ1n) is 6.12. The maximum absolute atomic E-state index is 11.6. The molecule has 1 unspecified atom stereocenters. The zero-order valence-electron chi connectivity index (χ0n) is 12.2. The Morgan fingerprint density at radius 2 is 1.80 bits per heavy atom. The molecule has 0 fully saturated rings. The highest BCUT2D eigenvalue weighted by Crippen LogP contribution is 2.10. The van der Waals surface area contributed by atoms with Crippen molar-refractivity contribution in [3.05, 3.63) is 29.8 Å². The Kier molecular flexibility index (Phi) is 7.87. The molecule has 5 nitrogen and oxygen atoms in total. The highest BCUT2D eigenvalue weighted by Gasteiger charge is 2.10. The smallest absolute Gasteiger partial charge is 0.411 e. The Morgan fingerprint density at radius 1 is 1.25 bits per heavy atom. The number of carbonyl (C=O) groups is 2. The normalized spacial score (nSPS) is 11.4. The van der Waals surface area contributed by atoms with Crippen LogP contribution in [0.1, 0.15) is 24.2 Å². The van der Waals surface area contributed by atoms with E-state index < -0.39 is 6.09 Å². The van der Waals surface area contributed by atoms with Crippen LogP contribution in [0.3, 0.4) is 0 Å². The number of amides is 1. The average molecular weight is 301 g/mol. The van der Waals surface area contributed by atoms with E-state index in [1.165, 1.54) is 6.92 Å². The molecule has 20 heavy (non-hydrogen) atoms. The number of rotatable bonds is 5. The fourth-order valence-electron chi connectivity index (χ4n) is 1.67. The number of likely N-dealkylation sites (N-methyl/N-ethyl adjacent to an activating group) is 1. The van der Waals surface area contributed by atoms with E-state index >= 15 is 0 Å². The predicted molar refractivity (Wildman–Crippen MR) is 81.8 cm³/mol. The fraction of sp³-hybridized carbons (Fsp3) is 0.429. The number of hydrogen-bond donors (Lipinski definition) is 1. The van der Waals surface area contributed by atoms with Crippen LogP contribution < -0.4 is 5.32 Å². The van der Waals surface area contributed by atoms with Crippen LogP contribution in [0.25, 0.3) is 0 Å². The van der Waals surface area contributed by atoms with Crippen LogP contribution in [0.4, 0.5) is 10.5 Å². The maximum Gasteiger partial charge on any atom is 0.411 e. The van der Waals surface area contributed by atoms with Gasteiger partial charge in [0.05, 0.1) is 0 Å².